The first-order valence-corrected chi connectivity index (χ1v) is 9.50. The molecule has 0 saturated carbocycles. The van der Waals surface area contributed by atoms with Crippen LogP contribution in [0.25, 0.3) is 6.08 Å². The Kier molecular flexibility index (Phi) is 7.70. The predicted molar refractivity (Wildman–Crippen MR) is 106 cm³/mol. The molecule has 0 spiro atoms. The fourth-order valence-electron chi connectivity index (χ4n) is 2.00. The van der Waals surface area contributed by atoms with Crippen LogP contribution in [-0.4, -0.2) is 18.2 Å². The number of carbonyl (C=O) groups is 1. The van der Waals surface area contributed by atoms with E-state index in [4.69, 9.17) is 23.2 Å². The van der Waals surface area contributed by atoms with E-state index in [9.17, 15) is 4.79 Å². The van der Waals surface area contributed by atoms with E-state index in [0.717, 1.165) is 22.6 Å². The van der Waals surface area contributed by atoms with Crippen molar-refractivity contribution in [2.24, 2.45) is 0 Å². The standard InChI is InChI=1S/C19H19Cl2NOS/c1-14-5-7-15(8-6-14)9-10-19(23)22-11-12-24-13-16-17(20)3-2-4-18(16)21/h2-10H,11-13H2,1H3,(H,22,23)/b10-9+. The van der Waals surface area contributed by atoms with Crippen molar-refractivity contribution < 1.29 is 4.79 Å². The second-order valence-corrected chi connectivity index (χ2v) is 7.21. The summed E-state index contributed by atoms with van der Waals surface area (Å²) in [6.45, 7) is 2.64. The molecule has 0 unspecified atom stereocenters. The quantitative estimate of drug-likeness (QED) is 0.517. The summed E-state index contributed by atoms with van der Waals surface area (Å²) in [6.07, 6.45) is 3.37. The van der Waals surface area contributed by atoms with Crippen LogP contribution in [-0.2, 0) is 10.5 Å². The van der Waals surface area contributed by atoms with E-state index in [-0.39, 0.29) is 5.91 Å². The molecule has 0 radical (unpaired) electrons. The molecule has 126 valence electrons. The average Bonchev–Trinajstić information content (AvgIpc) is 2.56. The summed E-state index contributed by atoms with van der Waals surface area (Å²) in [5, 5.41) is 4.23. The number of nitrogens with one attached hydrogen (secondary N) is 1. The van der Waals surface area contributed by atoms with E-state index < -0.39 is 0 Å². The van der Waals surface area contributed by atoms with Crippen molar-refractivity contribution in [1.82, 2.24) is 5.32 Å². The third-order valence-corrected chi connectivity index (χ3v) is 5.05. The molecule has 0 atom stereocenters. The van der Waals surface area contributed by atoms with Crippen molar-refractivity contribution in [3.8, 4) is 0 Å². The highest BCUT2D eigenvalue weighted by molar-refractivity contribution is 7.98. The number of thioether (sulfide) groups is 1. The molecule has 2 aromatic rings. The summed E-state index contributed by atoms with van der Waals surface area (Å²) in [7, 11) is 0. The van der Waals surface area contributed by atoms with Crippen molar-refractivity contribution >= 4 is 46.9 Å². The highest BCUT2D eigenvalue weighted by Crippen LogP contribution is 2.27. The lowest BCUT2D eigenvalue weighted by molar-refractivity contribution is -0.116. The van der Waals surface area contributed by atoms with E-state index >= 15 is 0 Å². The number of hydrogen-bond acceptors (Lipinski definition) is 2. The summed E-state index contributed by atoms with van der Waals surface area (Å²) >= 11 is 13.9. The van der Waals surface area contributed by atoms with Gasteiger partial charge in [-0.05, 0) is 36.3 Å². The van der Waals surface area contributed by atoms with E-state index in [1.165, 1.54) is 5.56 Å². The number of benzene rings is 2. The first-order valence-electron chi connectivity index (χ1n) is 7.59. The third-order valence-electron chi connectivity index (χ3n) is 3.36. The molecule has 1 N–H and O–H groups in total. The molecule has 0 heterocycles. The zero-order valence-electron chi connectivity index (χ0n) is 13.4. The van der Waals surface area contributed by atoms with Gasteiger partial charge in [-0.3, -0.25) is 4.79 Å². The minimum atomic E-state index is -0.0908. The normalized spacial score (nSPS) is 11.0. The Balaban J connectivity index is 1.68. The van der Waals surface area contributed by atoms with Gasteiger partial charge in [0.15, 0.2) is 0 Å². The van der Waals surface area contributed by atoms with Gasteiger partial charge in [-0.15, -0.1) is 0 Å². The van der Waals surface area contributed by atoms with Crippen LogP contribution in [0.15, 0.2) is 48.5 Å². The van der Waals surface area contributed by atoms with Gasteiger partial charge in [-0.25, -0.2) is 0 Å². The molecule has 24 heavy (non-hydrogen) atoms. The Morgan fingerprint density at radius 3 is 2.46 bits per heavy atom. The van der Waals surface area contributed by atoms with Crippen molar-refractivity contribution in [2.75, 3.05) is 12.3 Å². The molecular weight excluding hydrogens is 361 g/mol. The van der Waals surface area contributed by atoms with Crippen LogP contribution in [0.2, 0.25) is 10.0 Å². The van der Waals surface area contributed by atoms with Gasteiger partial charge >= 0.3 is 0 Å². The van der Waals surface area contributed by atoms with E-state index in [1.54, 1.807) is 17.8 Å². The summed E-state index contributed by atoms with van der Waals surface area (Å²) in [5.74, 6) is 1.44. The summed E-state index contributed by atoms with van der Waals surface area (Å²) in [4.78, 5) is 11.8. The molecule has 1 amide bonds. The maximum absolute atomic E-state index is 11.8. The molecule has 0 aliphatic rings. The fourth-order valence-corrected chi connectivity index (χ4v) is 3.59. The molecule has 0 aliphatic carbocycles. The number of halogens is 2. The number of rotatable bonds is 7. The lowest BCUT2D eigenvalue weighted by atomic mass is 10.1. The highest BCUT2D eigenvalue weighted by Gasteiger charge is 2.05. The zero-order chi connectivity index (χ0) is 17.4. The maximum atomic E-state index is 11.8. The third kappa shape index (κ3) is 6.23. The molecular formula is C19H19Cl2NOS. The van der Waals surface area contributed by atoms with Gasteiger partial charge < -0.3 is 5.32 Å². The topological polar surface area (TPSA) is 29.1 Å². The molecule has 0 saturated heterocycles. The average molecular weight is 380 g/mol. The van der Waals surface area contributed by atoms with Crippen LogP contribution in [0.4, 0.5) is 0 Å². The van der Waals surface area contributed by atoms with Gasteiger partial charge in [0.25, 0.3) is 0 Å². The van der Waals surface area contributed by atoms with Crippen LogP contribution in [0.5, 0.6) is 0 Å². The molecule has 2 rings (SSSR count). The minimum absolute atomic E-state index is 0.0908. The largest absolute Gasteiger partial charge is 0.352 e. The van der Waals surface area contributed by atoms with Gasteiger partial charge in [0, 0.05) is 34.2 Å². The Morgan fingerprint density at radius 2 is 1.79 bits per heavy atom. The van der Waals surface area contributed by atoms with Crippen molar-refractivity contribution in [3.05, 3.63) is 75.3 Å². The van der Waals surface area contributed by atoms with Crippen LogP contribution in [0.3, 0.4) is 0 Å². The number of amides is 1. The molecule has 2 nitrogen and oxygen atoms in total. The first-order chi connectivity index (χ1) is 11.6. The van der Waals surface area contributed by atoms with Crippen LogP contribution < -0.4 is 5.32 Å². The van der Waals surface area contributed by atoms with Gasteiger partial charge in [0.05, 0.1) is 0 Å². The number of carbonyl (C=O) groups excluding carboxylic acids is 1. The molecule has 0 aromatic heterocycles. The lowest BCUT2D eigenvalue weighted by Crippen LogP contribution is -2.23. The van der Waals surface area contributed by atoms with Gasteiger partial charge in [-0.1, -0.05) is 59.1 Å². The fraction of sp³-hybridized carbons (Fsp3) is 0.211. The van der Waals surface area contributed by atoms with Crippen LogP contribution in [0.1, 0.15) is 16.7 Å². The minimum Gasteiger partial charge on any atom is -0.352 e. The Bertz CT molecular complexity index is 694. The van der Waals surface area contributed by atoms with Crippen molar-refractivity contribution in [1.29, 1.82) is 0 Å². The Hall–Kier alpha value is -1.42. The van der Waals surface area contributed by atoms with Gasteiger partial charge in [-0.2, -0.15) is 11.8 Å². The van der Waals surface area contributed by atoms with E-state index in [2.05, 4.69) is 5.32 Å². The van der Waals surface area contributed by atoms with E-state index in [1.807, 2.05) is 55.5 Å². The SMILES string of the molecule is Cc1ccc(/C=C/C(=O)NCCSCc2c(Cl)cccc2Cl)cc1. The Labute approximate surface area is 157 Å². The summed E-state index contributed by atoms with van der Waals surface area (Å²) < 4.78 is 0. The lowest BCUT2D eigenvalue weighted by Gasteiger charge is -2.07. The summed E-state index contributed by atoms with van der Waals surface area (Å²) in [6, 6.07) is 13.5. The van der Waals surface area contributed by atoms with Gasteiger partial charge in [0.1, 0.15) is 0 Å². The molecule has 0 aliphatic heterocycles. The van der Waals surface area contributed by atoms with E-state index in [0.29, 0.717) is 16.6 Å². The van der Waals surface area contributed by atoms with Crippen molar-refractivity contribution in [2.45, 2.75) is 12.7 Å². The van der Waals surface area contributed by atoms with Crippen LogP contribution >= 0.6 is 35.0 Å². The summed E-state index contributed by atoms with van der Waals surface area (Å²) in [5.41, 5.74) is 3.15. The second kappa shape index (κ2) is 9.77. The Morgan fingerprint density at radius 1 is 1.12 bits per heavy atom. The molecule has 2 aromatic carbocycles. The smallest absolute Gasteiger partial charge is 0.244 e. The highest BCUT2D eigenvalue weighted by atomic mass is 35.5. The monoisotopic (exact) mass is 379 g/mol. The van der Waals surface area contributed by atoms with Crippen molar-refractivity contribution in [3.63, 3.8) is 0 Å². The molecule has 5 heteroatoms. The number of aryl methyl sites for hydroxylation is 1. The van der Waals surface area contributed by atoms with Crippen LogP contribution in [0, 0.1) is 6.92 Å². The predicted octanol–water partition coefficient (Wildman–Crippen LogP) is 5.36. The molecule has 0 bridgehead atoms. The second-order valence-electron chi connectivity index (χ2n) is 5.29. The van der Waals surface area contributed by atoms with Gasteiger partial charge in [0.2, 0.25) is 5.91 Å². The first kappa shape index (κ1) is 18.9. The number of hydrogen-bond donors (Lipinski definition) is 1. The zero-order valence-corrected chi connectivity index (χ0v) is 15.7. The maximum Gasteiger partial charge on any atom is 0.244 e. The molecule has 0 fully saturated rings.